The third-order valence-electron chi connectivity index (χ3n) is 3.06. The standard InChI is InChI=1S/C10H19N3O4/c1-8(14)12(7-6-11)9-4-2-3-5-10(9)17-13(15)16/h9-10H,2-7,11H2,1H3/t9-,10-/m1/s1. The van der Waals surface area contributed by atoms with E-state index in [0.717, 1.165) is 19.3 Å². The van der Waals surface area contributed by atoms with Crippen LogP contribution >= 0.6 is 0 Å². The lowest BCUT2D eigenvalue weighted by atomic mass is 9.91. The highest BCUT2D eigenvalue weighted by Gasteiger charge is 2.33. The average Bonchev–Trinajstić information content (AvgIpc) is 2.26. The van der Waals surface area contributed by atoms with Crippen LogP contribution in [0.3, 0.4) is 0 Å². The van der Waals surface area contributed by atoms with Gasteiger partial charge in [-0.15, -0.1) is 10.1 Å². The maximum absolute atomic E-state index is 11.5. The van der Waals surface area contributed by atoms with Gasteiger partial charge in [0.15, 0.2) is 0 Å². The Hall–Kier alpha value is -1.37. The number of rotatable bonds is 5. The van der Waals surface area contributed by atoms with Crippen molar-refractivity contribution in [3.8, 4) is 0 Å². The van der Waals surface area contributed by atoms with Crippen LogP contribution in [0.1, 0.15) is 32.6 Å². The minimum absolute atomic E-state index is 0.112. The predicted molar refractivity (Wildman–Crippen MR) is 60.6 cm³/mol. The Morgan fingerprint density at radius 1 is 1.53 bits per heavy atom. The van der Waals surface area contributed by atoms with Crippen molar-refractivity contribution in [1.82, 2.24) is 4.90 Å². The van der Waals surface area contributed by atoms with Gasteiger partial charge in [0.1, 0.15) is 6.10 Å². The van der Waals surface area contributed by atoms with Crippen molar-refractivity contribution in [3.63, 3.8) is 0 Å². The second kappa shape index (κ2) is 6.39. The number of hydrogen-bond acceptors (Lipinski definition) is 5. The SMILES string of the molecule is CC(=O)N(CCN)[C@@H]1CCCC[C@H]1O[N+](=O)[O-]. The summed E-state index contributed by atoms with van der Waals surface area (Å²) in [5.74, 6) is -0.112. The monoisotopic (exact) mass is 245 g/mol. The molecule has 1 rings (SSSR count). The molecule has 1 aliphatic rings. The molecular weight excluding hydrogens is 226 g/mol. The van der Waals surface area contributed by atoms with Gasteiger partial charge < -0.3 is 15.5 Å². The highest BCUT2D eigenvalue weighted by Crippen LogP contribution is 2.25. The molecule has 0 heterocycles. The van der Waals surface area contributed by atoms with E-state index in [-0.39, 0.29) is 11.9 Å². The third-order valence-corrected chi connectivity index (χ3v) is 3.06. The summed E-state index contributed by atoms with van der Waals surface area (Å²) in [5, 5.41) is 9.64. The molecule has 0 aromatic heterocycles. The molecule has 1 aliphatic carbocycles. The molecule has 7 nitrogen and oxygen atoms in total. The van der Waals surface area contributed by atoms with E-state index < -0.39 is 11.2 Å². The maximum atomic E-state index is 11.5. The van der Waals surface area contributed by atoms with E-state index in [1.165, 1.54) is 6.92 Å². The van der Waals surface area contributed by atoms with Crippen molar-refractivity contribution < 1.29 is 14.7 Å². The van der Waals surface area contributed by atoms with Crippen LogP contribution in [0, 0.1) is 10.1 Å². The first kappa shape index (κ1) is 13.7. The molecule has 17 heavy (non-hydrogen) atoms. The third kappa shape index (κ3) is 3.85. The van der Waals surface area contributed by atoms with Crippen LogP contribution in [-0.2, 0) is 9.63 Å². The summed E-state index contributed by atoms with van der Waals surface area (Å²) in [6.45, 7) is 2.21. The smallest absolute Gasteiger partial charge is 0.294 e. The van der Waals surface area contributed by atoms with Gasteiger partial charge in [-0.3, -0.25) is 4.79 Å². The molecule has 0 aromatic carbocycles. The summed E-state index contributed by atoms with van der Waals surface area (Å²) in [6.07, 6.45) is 2.67. The Bertz CT molecular complexity index is 285. The normalized spacial score (nSPS) is 24.1. The van der Waals surface area contributed by atoms with Crippen LogP contribution in [0.2, 0.25) is 0 Å². The van der Waals surface area contributed by atoms with Crippen LogP contribution < -0.4 is 5.73 Å². The van der Waals surface area contributed by atoms with E-state index in [0.29, 0.717) is 19.5 Å². The van der Waals surface area contributed by atoms with Gasteiger partial charge in [-0.05, 0) is 12.8 Å². The summed E-state index contributed by atoms with van der Waals surface area (Å²) in [5.41, 5.74) is 5.45. The molecule has 1 saturated carbocycles. The van der Waals surface area contributed by atoms with Crippen LogP contribution in [0.5, 0.6) is 0 Å². The average molecular weight is 245 g/mol. The quantitative estimate of drug-likeness (QED) is 0.555. The fourth-order valence-electron chi connectivity index (χ4n) is 2.36. The first-order chi connectivity index (χ1) is 8.06. The number of carbonyl (C=O) groups is 1. The predicted octanol–water partition coefficient (Wildman–Crippen LogP) is 0.313. The maximum Gasteiger partial charge on any atom is 0.294 e. The van der Waals surface area contributed by atoms with Crippen molar-refractivity contribution in [3.05, 3.63) is 10.1 Å². The van der Waals surface area contributed by atoms with Crippen LogP contribution in [0.4, 0.5) is 0 Å². The second-order valence-corrected chi connectivity index (χ2v) is 4.22. The Morgan fingerprint density at radius 2 is 2.18 bits per heavy atom. The van der Waals surface area contributed by atoms with E-state index in [1.807, 2.05) is 0 Å². The van der Waals surface area contributed by atoms with Crippen LogP contribution in [-0.4, -0.2) is 41.1 Å². The molecule has 0 spiro atoms. The Labute approximate surface area is 100.0 Å². The van der Waals surface area contributed by atoms with Gasteiger partial charge in [0.25, 0.3) is 5.09 Å². The minimum atomic E-state index is -0.774. The summed E-state index contributed by atoms with van der Waals surface area (Å²) in [7, 11) is 0. The molecule has 0 saturated heterocycles. The lowest BCUT2D eigenvalue weighted by Gasteiger charge is -2.38. The molecular formula is C10H19N3O4. The number of carbonyl (C=O) groups excluding carboxylic acids is 1. The van der Waals surface area contributed by atoms with Crippen molar-refractivity contribution in [1.29, 1.82) is 0 Å². The molecule has 2 N–H and O–H groups in total. The van der Waals surface area contributed by atoms with E-state index in [4.69, 9.17) is 5.73 Å². The number of nitrogens with two attached hydrogens (primary N) is 1. The van der Waals surface area contributed by atoms with Gasteiger partial charge in [0, 0.05) is 20.0 Å². The van der Waals surface area contributed by atoms with E-state index >= 15 is 0 Å². The topological polar surface area (TPSA) is 98.7 Å². The Balaban J connectivity index is 2.73. The fraction of sp³-hybridized carbons (Fsp3) is 0.900. The first-order valence-electron chi connectivity index (χ1n) is 5.84. The van der Waals surface area contributed by atoms with Gasteiger partial charge in [0.2, 0.25) is 5.91 Å². The van der Waals surface area contributed by atoms with Crippen LogP contribution in [0.15, 0.2) is 0 Å². The summed E-state index contributed by atoms with van der Waals surface area (Å²) in [4.78, 5) is 28.2. The van der Waals surface area contributed by atoms with E-state index in [1.54, 1.807) is 4.90 Å². The van der Waals surface area contributed by atoms with E-state index in [9.17, 15) is 14.9 Å². The largest absolute Gasteiger partial charge is 0.336 e. The molecule has 98 valence electrons. The van der Waals surface area contributed by atoms with Gasteiger partial charge in [-0.25, -0.2) is 0 Å². The number of amides is 1. The fourth-order valence-corrected chi connectivity index (χ4v) is 2.36. The number of hydrogen-bond donors (Lipinski definition) is 1. The van der Waals surface area contributed by atoms with Crippen molar-refractivity contribution in [2.45, 2.75) is 44.8 Å². The Morgan fingerprint density at radius 3 is 2.71 bits per heavy atom. The van der Waals surface area contributed by atoms with Crippen molar-refractivity contribution in [2.24, 2.45) is 5.73 Å². The number of nitrogens with zero attached hydrogens (tertiary/aromatic N) is 2. The molecule has 0 aliphatic heterocycles. The zero-order valence-corrected chi connectivity index (χ0v) is 10.0. The first-order valence-corrected chi connectivity index (χ1v) is 5.84. The summed E-state index contributed by atoms with van der Waals surface area (Å²) in [6, 6.07) is -0.227. The molecule has 7 heteroatoms. The van der Waals surface area contributed by atoms with Crippen molar-refractivity contribution in [2.75, 3.05) is 13.1 Å². The molecule has 0 radical (unpaired) electrons. The molecule has 1 fully saturated rings. The van der Waals surface area contributed by atoms with Gasteiger partial charge in [-0.1, -0.05) is 12.8 Å². The molecule has 0 aromatic rings. The lowest BCUT2D eigenvalue weighted by Crippen LogP contribution is -2.50. The van der Waals surface area contributed by atoms with Crippen LogP contribution in [0.25, 0.3) is 0 Å². The van der Waals surface area contributed by atoms with Gasteiger partial charge in [-0.2, -0.15) is 0 Å². The summed E-state index contributed by atoms with van der Waals surface area (Å²) < 4.78 is 0. The highest BCUT2D eigenvalue weighted by molar-refractivity contribution is 5.73. The van der Waals surface area contributed by atoms with Crippen molar-refractivity contribution >= 4 is 5.91 Å². The molecule has 0 unspecified atom stereocenters. The molecule has 0 bridgehead atoms. The molecule has 2 atom stereocenters. The molecule has 1 amide bonds. The second-order valence-electron chi connectivity index (χ2n) is 4.22. The minimum Gasteiger partial charge on any atom is -0.336 e. The summed E-state index contributed by atoms with van der Waals surface area (Å²) >= 11 is 0. The zero-order chi connectivity index (χ0) is 12.8. The highest BCUT2D eigenvalue weighted by atomic mass is 17.0. The van der Waals surface area contributed by atoms with Gasteiger partial charge in [0.05, 0.1) is 6.04 Å². The van der Waals surface area contributed by atoms with E-state index in [2.05, 4.69) is 4.84 Å². The van der Waals surface area contributed by atoms with Gasteiger partial charge >= 0.3 is 0 Å². The zero-order valence-electron chi connectivity index (χ0n) is 10.0. The Kier molecular flexibility index (Phi) is 5.14. The lowest BCUT2D eigenvalue weighted by molar-refractivity contribution is -0.770.